The lowest BCUT2D eigenvalue weighted by atomic mass is 10.0. The van der Waals surface area contributed by atoms with Crippen LogP contribution >= 0.6 is 0 Å². The minimum Gasteiger partial charge on any atom is -0.405 e. The molecule has 0 saturated carbocycles. The third-order valence-corrected chi connectivity index (χ3v) is 4.90. The Labute approximate surface area is 167 Å². The lowest BCUT2D eigenvalue weighted by molar-refractivity contribution is -0.116. The average molecular weight is 389 g/mol. The van der Waals surface area contributed by atoms with Crippen molar-refractivity contribution >= 4 is 23.3 Å². The molecule has 2 N–H and O–H groups in total. The van der Waals surface area contributed by atoms with E-state index in [1.165, 1.54) is 0 Å². The molecule has 1 saturated heterocycles. The number of benzodiazepines with no additional fused rings is 1. The number of ether oxygens (including phenoxy) is 1. The van der Waals surface area contributed by atoms with E-state index < -0.39 is 6.17 Å². The van der Waals surface area contributed by atoms with Gasteiger partial charge in [0.25, 0.3) is 5.91 Å². The molecule has 8 heteroatoms. The highest BCUT2D eigenvalue weighted by Gasteiger charge is 2.28. The fourth-order valence-corrected chi connectivity index (χ4v) is 3.49. The summed E-state index contributed by atoms with van der Waals surface area (Å²) in [7, 11) is 0. The molecule has 1 fully saturated rings. The van der Waals surface area contributed by atoms with Crippen LogP contribution in [0.25, 0.3) is 0 Å². The van der Waals surface area contributed by atoms with E-state index in [2.05, 4.69) is 20.8 Å². The van der Waals surface area contributed by atoms with Gasteiger partial charge in [-0.25, -0.2) is 4.99 Å². The van der Waals surface area contributed by atoms with Crippen molar-refractivity contribution in [3.05, 3.63) is 71.6 Å². The molecule has 0 bridgehead atoms. The molecule has 0 unspecified atom stereocenters. The minimum atomic E-state index is -0.921. The molecule has 8 nitrogen and oxygen atoms in total. The van der Waals surface area contributed by atoms with Crippen molar-refractivity contribution in [2.45, 2.75) is 25.1 Å². The molecule has 2 aliphatic heterocycles. The van der Waals surface area contributed by atoms with Gasteiger partial charge in [0, 0.05) is 17.7 Å². The van der Waals surface area contributed by atoms with Crippen LogP contribution in [0.3, 0.4) is 0 Å². The molecule has 0 spiro atoms. The zero-order valence-electron chi connectivity index (χ0n) is 15.5. The van der Waals surface area contributed by atoms with Crippen molar-refractivity contribution in [3.63, 3.8) is 0 Å². The van der Waals surface area contributed by atoms with Gasteiger partial charge < -0.3 is 19.8 Å². The number of anilines is 2. The Bertz CT molecular complexity index is 1060. The molecule has 5 rings (SSSR count). The van der Waals surface area contributed by atoms with Crippen molar-refractivity contribution < 1.29 is 13.9 Å². The zero-order chi connectivity index (χ0) is 19.6. The Morgan fingerprint density at radius 3 is 2.69 bits per heavy atom. The van der Waals surface area contributed by atoms with E-state index in [0.29, 0.717) is 23.9 Å². The molecule has 2 aromatic carbocycles. The third-order valence-electron chi connectivity index (χ3n) is 4.90. The van der Waals surface area contributed by atoms with E-state index in [4.69, 9.17) is 14.1 Å². The molecule has 3 aromatic rings. The summed E-state index contributed by atoms with van der Waals surface area (Å²) in [6.45, 7) is 0.684. The van der Waals surface area contributed by atoms with Crippen LogP contribution < -0.4 is 10.6 Å². The Morgan fingerprint density at radius 1 is 1.03 bits per heavy atom. The third kappa shape index (κ3) is 3.50. The maximum absolute atomic E-state index is 12.8. The van der Waals surface area contributed by atoms with Gasteiger partial charge in [0.2, 0.25) is 12.1 Å². The number of rotatable bonds is 4. The van der Waals surface area contributed by atoms with Crippen molar-refractivity contribution in [3.8, 4) is 0 Å². The Morgan fingerprint density at radius 2 is 1.86 bits per heavy atom. The fraction of sp³-hybridized carbons (Fsp3) is 0.238. The molecule has 3 heterocycles. The molecule has 1 aromatic heterocycles. The van der Waals surface area contributed by atoms with Crippen molar-refractivity contribution in [1.82, 2.24) is 10.2 Å². The topological polar surface area (TPSA) is 102 Å². The molecular formula is C21H19N5O3. The van der Waals surface area contributed by atoms with Crippen LogP contribution in [0.2, 0.25) is 0 Å². The molecule has 29 heavy (non-hydrogen) atoms. The molecule has 1 amide bonds. The van der Waals surface area contributed by atoms with Crippen LogP contribution in [0, 0.1) is 0 Å². The van der Waals surface area contributed by atoms with Crippen LogP contribution in [-0.4, -0.2) is 34.6 Å². The predicted octanol–water partition coefficient (Wildman–Crippen LogP) is 3.15. The number of hydrogen-bond acceptors (Lipinski definition) is 7. The summed E-state index contributed by atoms with van der Waals surface area (Å²) in [6, 6.07) is 17.5. The normalized spacial score (nSPS) is 21.1. The van der Waals surface area contributed by atoms with Gasteiger partial charge in [-0.1, -0.05) is 53.6 Å². The van der Waals surface area contributed by atoms with Gasteiger partial charge in [0.15, 0.2) is 0 Å². The van der Waals surface area contributed by atoms with Crippen LogP contribution in [0.1, 0.15) is 36.0 Å². The maximum atomic E-state index is 12.8. The number of aliphatic imine (C=N–C) groups is 1. The average Bonchev–Trinajstić information content (AvgIpc) is 3.42. The molecule has 0 aliphatic carbocycles. The highest BCUT2D eigenvalue weighted by atomic mass is 16.5. The summed E-state index contributed by atoms with van der Waals surface area (Å²) < 4.78 is 11.2. The number of carbonyl (C=O) groups excluding carboxylic acids is 1. The number of aromatic nitrogens is 2. The summed E-state index contributed by atoms with van der Waals surface area (Å²) in [4.78, 5) is 17.5. The Hall–Kier alpha value is -3.52. The van der Waals surface area contributed by atoms with E-state index in [0.717, 1.165) is 24.0 Å². The largest absolute Gasteiger partial charge is 0.405 e. The highest BCUT2D eigenvalue weighted by Crippen LogP contribution is 2.29. The lowest BCUT2D eigenvalue weighted by Crippen LogP contribution is -2.32. The molecule has 0 radical (unpaired) electrons. The van der Waals surface area contributed by atoms with E-state index in [-0.39, 0.29) is 18.0 Å². The first-order valence-corrected chi connectivity index (χ1v) is 9.53. The summed E-state index contributed by atoms with van der Waals surface area (Å²) in [5.41, 5.74) is 3.17. The molecule has 2 aliphatic rings. The Balaban J connectivity index is 1.49. The minimum absolute atomic E-state index is 0.137. The van der Waals surface area contributed by atoms with Crippen LogP contribution in [-0.2, 0) is 9.53 Å². The first-order chi connectivity index (χ1) is 14.3. The van der Waals surface area contributed by atoms with E-state index in [1.54, 1.807) is 0 Å². The Kier molecular flexibility index (Phi) is 4.53. The number of hydrogen-bond donors (Lipinski definition) is 2. The second-order valence-electron chi connectivity index (χ2n) is 6.87. The first kappa shape index (κ1) is 17.6. The number of benzene rings is 2. The molecule has 2 atom stereocenters. The summed E-state index contributed by atoms with van der Waals surface area (Å²) in [6.07, 6.45) is 0.699. The SMILES string of the molecule is O=C1Nc2ccccc2C(c2ccccc2)=N[C@@H]1Nc1nnc([C@@H]2CCCO2)o1. The lowest BCUT2D eigenvalue weighted by Gasteiger charge is -2.11. The van der Waals surface area contributed by atoms with Crippen molar-refractivity contribution in [2.75, 3.05) is 17.2 Å². The van der Waals surface area contributed by atoms with Gasteiger partial charge in [0.05, 0.1) is 11.4 Å². The van der Waals surface area contributed by atoms with Gasteiger partial charge >= 0.3 is 6.01 Å². The molecular weight excluding hydrogens is 370 g/mol. The summed E-state index contributed by atoms with van der Waals surface area (Å²) in [5, 5.41) is 13.9. The van der Waals surface area contributed by atoms with Gasteiger partial charge in [0.1, 0.15) is 6.10 Å². The maximum Gasteiger partial charge on any atom is 0.317 e. The van der Waals surface area contributed by atoms with Crippen molar-refractivity contribution in [1.29, 1.82) is 0 Å². The van der Waals surface area contributed by atoms with E-state index in [1.807, 2.05) is 54.6 Å². The first-order valence-electron chi connectivity index (χ1n) is 9.53. The zero-order valence-corrected chi connectivity index (χ0v) is 15.5. The number of para-hydroxylation sites is 1. The summed E-state index contributed by atoms with van der Waals surface area (Å²) >= 11 is 0. The van der Waals surface area contributed by atoms with Crippen LogP contribution in [0.4, 0.5) is 11.7 Å². The number of nitrogens with zero attached hydrogens (tertiary/aromatic N) is 3. The smallest absolute Gasteiger partial charge is 0.317 e. The number of carbonyl (C=O) groups is 1. The molecule has 146 valence electrons. The standard InChI is InChI=1S/C21H19N5O3/c27-19-18(24-21-26-25-20(29-21)16-11-6-12-28-16)23-17(13-7-2-1-3-8-13)14-9-4-5-10-15(14)22-19/h1-5,7-10,16,18H,6,11-12H2,(H,22,27)(H,24,26)/t16-,18+/m0/s1. The predicted molar refractivity (Wildman–Crippen MR) is 107 cm³/mol. The second kappa shape index (κ2) is 7.48. The van der Waals surface area contributed by atoms with E-state index >= 15 is 0 Å². The fourth-order valence-electron chi connectivity index (χ4n) is 3.49. The van der Waals surface area contributed by atoms with Gasteiger partial charge in [-0.15, -0.1) is 5.10 Å². The number of fused-ring (bicyclic) bond motifs is 1. The van der Waals surface area contributed by atoms with Crippen LogP contribution in [0.15, 0.2) is 64.0 Å². The number of amides is 1. The number of nitrogens with one attached hydrogen (secondary N) is 2. The highest BCUT2D eigenvalue weighted by molar-refractivity contribution is 6.19. The monoisotopic (exact) mass is 389 g/mol. The van der Waals surface area contributed by atoms with Gasteiger partial charge in [-0.3, -0.25) is 4.79 Å². The van der Waals surface area contributed by atoms with Gasteiger partial charge in [-0.2, -0.15) is 0 Å². The summed E-state index contributed by atoms with van der Waals surface area (Å²) in [5.74, 6) is 0.106. The van der Waals surface area contributed by atoms with Crippen molar-refractivity contribution in [2.24, 2.45) is 4.99 Å². The van der Waals surface area contributed by atoms with Gasteiger partial charge in [-0.05, 0) is 18.9 Å². The van der Waals surface area contributed by atoms with Crippen LogP contribution in [0.5, 0.6) is 0 Å². The van der Waals surface area contributed by atoms with E-state index in [9.17, 15) is 4.79 Å². The second-order valence-corrected chi connectivity index (χ2v) is 6.87. The quantitative estimate of drug-likeness (QED) is 0.711.